The van der Waals surface area contributed by atoms with Gasteiger partial charge < -0.3 is 15.3 Å². The lowest BCUT2D eigenvalue weighted by Crippen LogP contribution is -2.33. The maximum absolute atomic E-state index is 11.8. The molecule has 222 valence electrons. The van der Waals surface area contributed by atoms with Crippen LogP contribution in [0.5, 0.6) is 0 Å². The number of pyridine rings is 1. The third-order valence-corrected chi connectivity index (χ3v) is 10.0. The first-order valence-electron chi connectivity index (χ1n) is 14.3. The van der Waals surface area contributed by atoms with Gasteiger partial charge in [0.1, 0.15) is 0 Å². The average molecular weight is 616 g/mol. The van der Waals surface area contributed by atoms with Crippen molar-refractivity contribution in [1.82, 2.24) is 4.98 Å². The fourth-order valence-corrected chi connectivity index (χ4v) is 7.09. The number of aliphatic hydroxyl groups is 1. The van der Waals surface area contributed by atoms with E-state index in [1.54, 1.807) is 23.9 Å². The highest BCUT2D eigenvalue weighted by Gasteiger charge is 2.44. The van der Waals surface area contributed by atoms with Gasteiger partial charge >= 0.3 is 11.9 Å². The Labute approximate surface area is 260 Å². The van der Waals surface area contributed by atoms with Crippen LogP contribution in [-0.2, 0) is 21.6 Å². The second-order valence-corrected chi connectivity index (χ2v) is 13.1. The molecule has 6 nitrogen and oxygen atoms in total. The first-order chi connectivity index (χ1) is 20.5. The molecule has 3 N–H and O–H groups in total. The zero-order valence-electron chi connectivity index (χ0n) is 23.9. The maximum Gasteiger partial charge on any atom is 0.340 e. The lowest BCUT2D eigenvalue weighted by molar-refractivity contribution is -0.157. The van der Waals surface area contributed by atoms with Crippen LogP contribution in [-0.4, -0.2) is 38.0 Å². The summed E-state index contributed by atoms with van der Waals surface area (Å²) in [6, 6.07) is 25.0. The van der Waals surface area contributed by atoms with E-state index in [0.29, 0.717) is 23.4 Å². The Balaban J connectivity index is 1.39. The number of hydrogen-bond acceptors (Lipinski definition) is 5. The lowest BCUT2D eigenvalue weighted by atomic mass is 9.89. The second kappa shape index (κ2) is 12.9. The number of aryl methyl sites for hydroxylation is 1. The van der Waals surface area contributed by atoms with Crippen molar-refractivity contribution in [1.29, 1.82) is 0 Å². The van der Waals surface area contributed by atoms with Gasteiger partial charge in [-0.1, -0.05) is 78.3 Å². The van der Waals surface area contributed by atoms with Gasteiger partial charge in [-0.3, -0.25) is 4.79 Å². The van der Waals surface area contributed by atoms with Gasteiger partial charge in [-0.25, -0.2) is 9.78 Å². The predicted octanol–water partition coefficient (Wildman–Crippen LogP) is 8.01. The number of benzene rings is 3. The smallest absolute Gasteiger partial charge is 0.340 e. The van der Waals surface area contributed by atoms with E-state index in [2.05, 4.69) is 12.1 Å². The second-order valence-electron chi connectivity index (χ2n) is 11.5. The molecule has 0 amide bonds. The van der Waals surface area contributed by atoms with E-state index in [1.165, 1.54) is 6.92 Å². The minimum absolute atomic E-state index is 0.0448. The predicted molar refractivity (Wildman–Crippen MR) is 173 cm³/mol. The molecule has 1 heterocycles. The summed E-state index contributed by atoms with van der Waals surface area (Å²) in [7, 11) is 0. The van der Waals surface area contributed by atoms with E-state index in [1.807, 2.05) is 66.7 Å². The zero-order valence-corrected chi connectivity index (χ0v) is 25.4. The van der Waals surface area contributed by atoms with Crippen LogP contribution in [0.25, 0.3) is 23.1 Å². The summed E-state index contributed by atoms with van der Waals surface area (Å²) < 4.78 is 0. The molecule has 1 unspecified atom stereocenters. The number of thioether (sulfide) groups is 1. The van der Waals surface area contributed by atoms with Crippen LogP contribution in [0.4, 0.5) is 0 Å². The van der Waals surface area contributed by atoms with Crippen LogP contribution in [0.1, 0.15) is 65.8 Å². The molecule has 0 radical (unpaired) electrons. The van der Waals surface area contributed by atoms with Crippen LogP contribution in [0, 0.1) is 5.41 Å². The Morgan fingerprint density at radius 3 is 2.53 bits per heavy atom. The molecule has 1 saturated carbocycles. The summed E-state index contributed by atoms with van der Waals surface area (Å²) in [5.41, 5.74) is 2.78. The SMILES string of the molecule is CC(O)(C(=O)O)c1ccccc1CC[C@H](SCC1(CC(=O)O)CC1)c1cccc(/C=C/c2ccc3ccc(Cl)cc3n2)c1. The molecule has 0 spiro atoms. The number of fused-ring (bicyclic) bond motifs is 1. The Hall–Kier alpha value is -3.65. The highest BCUT2D eigenvalue weighted by atomic mass is 35.5. The van der Waals surface area contributed by atoms with Crippen LogP contribution >= 0.6 is 23.4 Å². The molecule has 43 heavy (non-hydrogen) atoms. The first-order valence-corrected chi connectivity index (χ1v) is 15.7. The number of halogens is 1. The highest BCUT2D eigenvalue weighted by molar-refractivity contribution is 7.99. The van der Waals surface area contributed by atoms with Crippen molar-refractivity contribution in [3.05, 3.63) is 112 Å². The summed E-state index contributed by atoms with van der Waals surface area (Å²) >= 11 is 7.92. The van der Waals surface area contributed by atoms with E-state index in [0.717, 1.165) is 51.9 Å². The van der Waals surface area contributed by atoms with Crippen LogP contribution in [0.15, 0.2) is 78.9 Å². The van der Waals surface area contributed by atoms with E-state index >= 15 is 0 Å². The standard InChI is InChI=1S/C35H34ClNO5S/c1-34(42,33(40)41)29-8-3-2-6-24(29)12-16-31(43-22-35(17-18-35)21-32(38)39)26-7-4-5-23(19-26)9-14-28-15-11-25-10-13-27(36)20-30(25)37-28/h2-11,13-15,19-20,31,42H,12,16-18,21-22H2,1H3,(H,38,39)(H,40,41)/b14-9+/t31-,34?/m0/s1. The number of carbonyl (C=O) groups is 2. The van der Waals surface area contributed by atoms with Gasteiger partial charge in [0, 0.05) is 21.4 Å². The highest BCUT2D eigenvalue weighted by Crippen LogP contribution is 2.53. The minimum Gasteiger partial charge on any atom is -0.481 e. The van der Waals surface area contributed by atoms with Crippen LogP contribution in [0.3, 0.4) is 0 Å². The van der Waals surface area contributed by atoms with Crippen molar-refractivity contribution in [3.8, 4) is 0 Å². The molecule has 4 aromatic rings. The number of carboxylic acids is 2. The molecule has 1 aliphatic rings. The summed E-state index contributed by atoms with van der Waals surface area (Å²) in [6.07, 6.45) is 7.25. The van der Waals surface area contributed by atoms with Gasteiger partial charge in [0.25, 0.3) is 0 Å². The number of aliphatic carboxylic acids is 2. The molecule has 0 saturated heterocycles. The first kappa shape index (κ1) is 30.8. The van der Waals surface area contributed by atoms with Crippen molar-refractivity contribution in [2.75, 3.05) is 5.75 Å². The minimum atomic E-state index is -1.99. The number of hydrogen-bond donors (Lipinski definition) is 3. The summed E-state index contributed by atoms with van der Waals surface area (Å²) in [4.78, 5) is 28.0. The largest absolute Gasteiger partial charge is 0.481 e. The third-order valence-electron chi connectivity index (χ3n) is 8.11. The van der Waals surface area contributed by atoms with Gasteiger partial charge in [0.15, 0.2) is 5.60 Å². The van der Waals surface area contributed by atoms with E-state index < -0.39 is 17.5 Å². The van der Waals surface area contributed by atoms with Crippen molar-refractivity contribution >= 4 is 58.4 Å². The maximum atomic E-state index is 11.8. The third kappa shape index (κ3) is 7.66. The quantitative estimate of drug-likeness (QED) is 0.140. The Morgan fingerprint density at radius 2 is 1.79 bits per heavy atom. The lowest BCUT2D eigenvalue weighted by Gasteiger charge is -2.24. The number of nitrogens with zero attached hydrogens (tertiary/aromatic N) is 1. The topological polar surface area (TPSA) is 108 Å². The molecule has 2 atom stereocenters. The number of rotatable bonds is 13. The van der Waals surface area contributed by atoms with Gasteiger partial charge in [-0.15, -0.1) is 0 Å². The van der Waals surface area contributed by atoms with E-state index in [9.17, 15) is 24.9 Å². The Kier molecular flexibility index (Phi) is 9.25. The molecule has 1 aromatic heterocycles. The van der Waals surface area contributed by atoms with Crippen molar-refractivity contribution in [3.63, 3.8) is 0 Å². The summed E-state index contributed by atoms with van der Waals surface area (Å²) in [6.45, 7) is 1.30. The monoisotopic (exact) mass is 615 g/mol. The van der Waals surface area contributed by atoms with E-state index in [4.69, 9.17) is 16.6 Å². The molecule has 0 bridgehead atoms. The zero-order chi connectivity index (χ0) is 30.6. The number of carboxylic acid groups (broad SMARTS) is 2. The number of aromatic nitrogens is 1. The molecular weight excluding hydrogens is 582 g/mol. The van der Waals surface area contributed by atoms with E-state index in [-0.39, 0.29) is 17.1 Å². The fraction of sp³-hybridized carbons (Fsp3) is 0.286. The molecular formula is C35H34ClNO5S. The van der Waals surface area contributed by atoms with Gasteiger partial charge in [-0.2, -0.15) is 11.8 Å². The summed E-state index contributed by atoms with van der Waals surface area (Å²) in [5, 5.41) is 31.5. The van der Waals surface area contributed by atoms with Gasteiger partial charge in [0.05, 0.1) is 17.6 Å². The van der Waals surface area contributed by atoms with Gasteiger partial charge in [-0.05, 0) is 84.6 Å². The molecule has 5 rings (SSSR count). The van der Waals surface area contributed by atoms with Crippen LogP contribution < -0.4 is 0 Å². The summed E-state index contributed by atoms with van der Waals surface area (Å²) in [5.74, 6) is -1.32. The van der Waals surface area contributed by atoms with Crippen molar-refractivity contribution in [2.45, 2.75) is 49.9 Å². The van der Waals surface area contributed by atoms with Crippen LogP contribution in [0.2, 0.25) is 5.02 Å². The van der Waals surface area contributed by atoms with Crippen molar-refractivity contribution < 1.29 is 24.9 Å². The van der Waals surface area contributed by atoms with Crippen molar-refractivity contribution in [2.24, 2.45) is 5.41 Å². The molecule has 0 aliphatic heterocycles. The fourth-order valence-electron chi connectivity index (χ4n) is 5.35. The molecule has 1 fully saturated rings. The normalized spacial score (nSPS) is 16.2. The Morgan fingerprint density at radius 1 is 1.02 bits per heavy atom. The molecule has 1 aliphatic carbocycles. The molecule has 8 heteroatoms. The van der Waals surface area contributed by atoms with Gasteiger partial charge in [0.2, 0.25) is 0 Å². The molecule has 3 aromatic carbocycles. The average Bonchev–Trinajstić information content (AvgIpc) is 3.74. The Bertz CT molecular complexity index is 1680.